The number of hydrogen-bond donors (Lipinski definition) is 0. The predicted molar refractivity (Wildman–Crippen MR) is 68.6 cm³/mol. The number of rotatable bonds is 7. The summed E-state index contributed by atoms with van der Waals surface area (Å²) in [5, 5.41) is 0. The van der Waals surface area contributed by atoms with Gasteiger partial charge in [-0.25, -0.2) is 0 Å². The first-order valence-electron chi connectivity index (χ1n) is 6.15. The van der Waals surface area contributed by atoms with Crippen molar-refractivity contribution >= 4 is 11.8 Å². The van der Waals surface area contributed by atoms with E-state index >= 15 is 0 Å². The van der Waals surface area contributed by atoms with Crippen LogP contribution in [0.4, 0.5) is 0 Å². The van der Waals surface area contributed by atoms with Gasteiger partial charge in [-0.1, -0.05) is 18.6 Å². The lowest BCUT2D eigenvalue weighted by Crippen LogP contribution is -2.17. The Bertz CT molecular complexity index is 292. The van der Waals surface area contributed by atoms with Gasteiger partial charge in [0.15, 0.2) is 0 Å². The molecule has 0 radical (unpaired) electrons. The molecule has 0 aromatic heterocycles. The highest BCUT2D eigenvalue weighted by atomic mass is 16.5. The van der Waals surface area contributed by atoms with Gasteiger partial charge in [-0.3, -0.25) is 9.59 Å². The Morgan fingerprint density at radius 1 is 1.24 bits per heavy atom. The molecular formula is C14H24O3. The van der Waals surface area contributed by atoms with E-state index in [0.717, 1.165) is 18.4 Å². The maximum absolute atomic E-state index is 11.5. The van der Waals surface area contributed by atoms with Gasteiger partial charge < -0.3 is 4.74 Å². The van der Waals surface area contributed by atoms with Gasteiger partial charge in [-0.05, 0) is 39.5 Å². The Balaban J connectivity index is 4.18. The summed E-state index contributed by atoms with van der Waals surface area (Å²) in [5.74, 6) is 0.343. The highest BCUT2D eigenvalue weighted by molar-refractivity contribution is 5.81. The molecule has 0 aliphatic carbocycles. The van der Waals surface area contributed by atoms with Crippen LogP contribution in [0.1, 0.15) is 47.5 Å². The quantitative estimate of drug-likeness (QED) is 0.507. The predicted octanol–water partition coefficient (Wildman–Crippen LogP) is 3.14. The summed E-state index contributed by atoms with van der Waals surface area (Å²) < 4.78 is 4.90. The van der Waals surface area contributed by atoms with Gasteiger partial charge in [0, 0.05) is 12.8 Å². The molecule has 3 nitrogen and oxygen atoms in total. The average molecular weight is 240 g/mol. The molecule has 3 heteroatoms. The number of hydrogen-bond acceptors (Lipinski definition) is 3. The van der Waals surface area contributed by atoms with Crippen LogP contribution in [0.25, 0.3) is 0 Å². The fraction of sp³-hybridized carbons (Fsp3) is 0.714. The molecule has 0 fully saturated rings. The van der Waals surface area contributed by atoms with Crippen molar-refractivity contribution in [3.8, 4) is 0 Å². The van der Waals surface area contributed by atoms with Crippen molar-refractivity contribution in [1.29, 1.82) is 0 Å². The molecule has 0 amide bonds. The number of Topliss-reactive ketones (excluding diaryl/α,β-unsaturated/α-hetero) is 1. The van der Waals surface area contributed by atoms with E-state index in [-0.39, 0.29) is 17.7 Å². The smallest absolute Gasteiger partial charge is 0.302 e. The van der Waals surface area contributed by atoms with Gasteiger partial charge in [0.25, 0.3) is 0 Å². The first kappa shape index (κ1) is 15.9. The molecule has 0 bridgehead atoms. The van der Waals surface area contributed by atoms with E-state index in [9.17, 15) is 9.59 Å². The third-order valence-electron chi connectivity index (χ3n) is 3.05. The van der Waals surface area contributed by atoms with Crippen LogP contribution in [-0.2, 0) is 14.3 Å². The third kappa shape index (κ3) is 6.93. The van der Waals surface area contributed by atoms with Crippen LogP contribution in [0.2, 0.25) is 0 Å². The molecule has 0 aromatic rings. The number of carbonyl (C=O) groups excluding carboxylic acids is 2. The molecule has 0 N–H and O–H groups in total. The van der Waals surface area contributed by atoms with Crippen LogP contribution in [0.3, 0.4) is 0 Å². The van der Waals surface area contributed by atoms with Crippen LogP contribution in [-0.4, -0.2) is 18.4 Å². The fourth-order valence-corrected chi connectivity index (χ4v) is 1.80. The van der Waals surface area contributed by atoms with Crippen molar-refractivity contribution in [2.75, 3.05) is 6.61 Å². The van der Waals surface area contributed by atoms with Gasteiger partial charge in [0.2, 0.25) is 0 Å². The van der Waals surface area contributed by atoms with Crippen LogP contribution in [0.15, 0.2) is 11.6 Å². The summed E-state index contributed by atoms with van der Waals surface area (Å²) in [6.45, 7) is 9.52. The minimum absolute atomic E-state index is 0.00679. The zero-order valence-electron chi connectivity index (χ0n) is 11.6. The fourth-order valence-electron chi connectivity index (χ4n) is 1.80. The van der Waals surface area contributed by atoms with Crippen molar-refractivity contribution in [1.82, 2.24) is 0 Å². The van der Waals surface area contributed by atoms with Gasteiger partial charge in [0.1, 0.15) is 5.78 Å². The lowest BCUT2D eigenvalue weighted by molar-refractivity contribution is -0.141. The zero-order chi connectivity index (χ0) is 13.4. The van der Waals surface area contributed by atoms with E-state index < -0.39 is 0 Å². The van der Waals surface area contributed by atoms with Crippen LogP contribution < -0.4 is 0 Å². The van der Waals surface area contributed by atoms with Crippen LogP contribution >= 0.6 is 0 Å². The van der Waals surface area contributed by atoms with E-state index in [1.54, 1.807) is 6.92 Å². The van der Waals surface area contributed by atoms with Gasteiger partial charge >= 0.3 is 5.97 Å². The Kier molecular flexibility index (Phi) is 7.51. The van der Waals surface area contributed by atoms with Crippen molar-refractivity contribution in [2.24, 2.45) is 11.8 Å². The summed E-state index contributed by atoms with van der Waals surface area (Å²) in [6.07, 6.45) is 3.62. The lowest BCUT2D eigenvalue weighted by atomic mass is 9.86. The number of ether oxygens (including phenoxy) is 1. The molecule has 0 rings (SSSR count). The molecule has 0 heterocycles. The number of esters is 1. The Morgan fingerprint density at radius 3 is 2.24 bits per heavy atom. The molecule has 98 valence electrons. The highest BCUT2D eigenvalue weighted by Gasteiger charge is 2.19. The largest absolute Gasteiger partial charge is 0.466 e. The summed E-state index contributed by atoms with van der Waals surface area (Å²) in [5.41, 5.74) is 1.12. The summed E-state index contributed by atoms with van der Waals surface area (Å²) in [6, 6.07) is 0. The van der Waals surface area contributed by atoms with E-state index in [0.29, 0.717) is 12.5 Å². The maximum Gasteiger partial charge on any atom is 0.302 e. The third-order valence-corrected chi connectivity index (χ3v) is 3.05. The monoisotopic (exact) mass is 240 g/mol. The standard InChI is InChI=1S/C14H24O3/c1-6-11(3)14(12(4)15)9-10(2)7-8-17-13(5)16/h6,10,14H,7-9H2,1-5H3. The van der Waals surface area contributed by atoms with Crippen molar-refractivity contribution in [2.45, 2.75) is 47.5 Å². The van der Waals surface area contributed by atoms with Gasteiger partial charge in [-0.15, -0.1) is 0 Å². The molecule has 2 unspecified atom stereocenters. The minimum Gasteiger partial charge on any atom is -0.466 e. The molecule has 0 aliphatic rings. The van der Waals surface area contributed by atoms with Crippen molar-refractivity contribution < 1.29 is 14.3 Å². The first-order valence-corrected chi connectivity index (χ1v) is 6.15. The van der Waals surface area contributed by atoms with Crippen molar-refractivity contribution in [3.63, 3.8) is 0 Å². The number of allylic oxidation sites excluding steroid dienone is 2. The minimum atomic E-state index is -0.245. The maximum atomic E-state index is 11.5. The average Bonchev–Trinajstić information content (AvgIpc) is 2.24. The number of ketones is 1. The molecule has 0 saturated carbocycles. The van der Waals surface area contributed by atoms with Crippen LogP contribution in [0.5, 0.6) is 0 Å². The lowest BCUT2D eigenvalue weighted by Gasteiger charge is -2.19. The summed E-state index contributed by atoms with van der Waals surface area (Å²) in [7, 11) is 0. The van der Waals surface area contributed by atoms with Crippen LogP contribution in [0, 0.1) is 11.8 Å². The summed E-state index contributed by atoms with van der Waals surface area (Å²) in [4.78, 5) is 22.2. The van der Waals surface area contributed by atoms with E-state index in [1.807, 2.05) is 19.9 Å². The zero-order valence-corrected chi connectivity index (χ0v) is 11.6. The Hall–Kier alpha value is -1.12. The molecule has 0 aliphatic heterocycles. The van der Waals surface area contributed by atoms with E-state index in [2.05, 4.69) is 6.92 Å². The summed E-state index contributed by atoms with van der Waals surface area (Å²) >= 11 is 0. The molecule has 2 atom stereocenters. The Labute approximate surface area is 104 Å². The highest BCUT2D eigenvalue weighted by Crippen LogP contribution is 2.23. The molecule has 0 spiro atoms. The molecular weight excluding hydrogens is 216 g/mol. The number of carbonyl (C=O) groups is 2. The van der Waals surface area contributed by atoms with E-state index in [4.69, 9.17) is 4.74 Å². The van der Waals surface area contributed by atoms with Crippen molar-refractivity contribution in [3.05, 3.63) is 11.6 Å². The first-order chi connectivity index (χ1) is 7.88. The molecule has 0 saturated heterocycles. The second kappa shape index (κ2) is 8.04. The second-order valence-corrected chi connectivity index (χ2v) is 4.67. The topological polar surface area (TPSA) is 43.4 Å². The van der Waals surface area contributed by atoms with Gasteiger partial charge in [-0.2, -0.15) is 0 Å². The normalized spacial score (nSPS) is 15.2. The molecule has 0 aromatic carbocycles. The van der Waals surface area contributed by atoms with Gasteiger partial charge in [0.05, 0.1) is 6.61 Å². The van der Waals surface area contributed by atoms with E-state index in [1.165, 1.54) is 6.92 Å². The second-order valence-electron chi connectivity index (χ2n) is 4.67. The SMILES string of the molecule is CC=C(C)C(CC(C)CCOC(C)=O)C(C)=O. The molecule has 17 heavy (non-hydrogen) atoms. The Morgan fingerprint density at radius 2 is 1.82 bits per heavy atom.